The molecule has 0 unspecified atom stereocenters. The Morgan fingerprint density at radius 2 is 1.83 bits per heavy atom. The molecule has 150 valence electrons. The Morgan fingerprint density at radius 3 is 2.48 bits per heavy atom. The fraction of sp³-hybridized carbons (Fsp3) is 0.190. The largest absolute Gasteiger partial charge is 0.497 e. The van der Waals surface area contributed by atoms with E-state index >= 15 is 0 Å². The molecule has 3 aromatic rings. The summed E-state index contributed by atoms with van der Waals surface area (Å²) in [5.41, 5.74) is 0.611. The quantitative estimate of drug-likeness (QED) is 0.265. The van der Waals surface area contributed by atoms with Crippen LogP contribution in [0.1, 0.15) is 16.2 Å². The Kier molecular flexibility index (Phi) is 7.32. The minimum Gasteiger partial charge on any atom is -0.497 e. The first kappa shape index (κ1) is 21.0. The second-order valence-corrected chi connectivity index (χ2v) is 7.36. The molecule has 2 aromatic carbocycles. The minimum atomic E-state index is -0.00384. The van der Waals surface area contributed by atoms with Crippen molar-refractivity contribution in [2.45, 2.75) is 18.3 Å². The summed E-state index contributed by atoms with van der Waals surface area (Å²) in [6, 6.07) is 14.1. The van der Waals surface area contributed by atoms with E-state index in [9.17, 15) is 4.79 Å². The fourth-order valence-electron chi connectivity index (χ4n) is 2.51. The highest BCUT2D eigenvalue weighted by molar-refractivity contribution is 7.99. The van der Waals surface area contributed by atoms with Crippen LogP contribution in [0.2, 0.25) is 5.02 Å². The lowest BCUT2D eigenvalue weighted by Crippen LogP contribution is -2.09. The van der Waals surface area contributed by atoms with Crippen molar-refractivity contribution in [3.63, 3.8) is 0 Å². The van der Waals surface area contributed by atoms with Crippen LogP contribution in [0.3, 0.4) is 0 Å². The fourth-order valence-corrected chi connectivity index (χ4v) is 3.50. The number of halogens is 1. The number of nitrogens with zero attached hydrogens (tertiary/aromatic N) is 3. The molecule has 0 spiro atoms. The molecule has 0 saturated heterocycles. The number of thioether (sulfide) groups is 1. The number of hydrogen-bond donors (Lipinski definition) is 0. The van der Waals surface area contributed by atoms with E-state index in [1.54, 1.807) is 37.5 Å². The van der Waals surface area contributed by atoms with Gasteiger partial charge in [-0.15, -0.1) is 16.8 Å². The molecule has 3 rings (SSSR count). The molecule has 6 nitrogen and oxygen atoms in total. The van der Waals surface area contributed by atoms with Gasteiger partial charge >= 0.3 is 0 Å². The highest BCUT2D eigenvalue weighted by Crippen LogP contribution is 2.22. The van der Waals surface area contributed by atoms with Gasteiger partial charge in [0, 0.05) is 17.1 Å². The third kappa shape index (κ3) is 5.62. The first-order valence-electron chi connectivity index (χ1n) is 8.82. The van der Waals surface area contributed by atoms with Crippen molar-refractivity contribution in [3.8, 4) is 11.5 Å². The second-order valence-electron chi connectivity index (χ2n) is 5.98. The summed E-state index contributed by atoms with van der Waals surface area (Å²) in [7, 11) is 1.62. The van der Waals surface area contributed by atoms with E-state index in [2.05, 4.69) is 16.8 Å². The molecule has 29 heavy (non-hydrogen) atoms. The summed E-state index contributed by atoms with van der Waals surface area (Å²) in [5.74, 6) is 2.36. The van der Waals surface area contributed by atoms with Gasteiger partial charge in [-0.1, -0.05) is 29.4 Å². The van der Waals surface area contributed by atoms with Crippen LogP contribution in [0.4, 0.5) is 0 Å². The van der Waals surface area contributed by atoms with Gasteiger partial charge in [0.05, 0.1) is 12.9 Å². The first-order valence-corrected chi connectivity index (χ1v) is 10.2. The van der Waals surface area contributed by atoms with Crippen LogP contribution in [0.5, 0.6) is 11.5 Å². The number of aromatic nitrogens is 3. The Bertz CT molecular complexity index is 972. The van der Waals surface area contributed by atoms with Crippen LogP contribution < -0.4 is 9.47 Å². The number of benzene rings is 2. The normalized spacial score (nSPS) is 10.6. The molecule has 0 aliphatic heterocycles. The van der Waals surface area contributed by atoms with Crippen LogP contribution in [-0.2, 0) is 13.2 Å². The van der Waals surface area contributed by atoms with E-state index in [4.69, 9.17) is 21.1 Å². The third-order valence-electron chi connectivity index (χ3n) is 4.03. The van der Waals surface area contributed by atoms with E-state index in [-0.39, 0.29) is 18.1 Å². The average molecular weight is 430 g/mol. The number of methoxy groups -OCH3 is 1. The maximum absolute atomic E-state index is 12.4. The molecule has 0 N–H and O–H groups in total. The highest BCUT2D eigenvalue weighted by atomic mass is 35.5. The lowest BCUT2D eigenvalue weighted by molar-refractivity contribution is 0.102. The Morgan fingerprint density at radius 1 is 1.14 bits per heavy atom. The lowest BCUT2D eigenvalue weighted by atomic mass is 10.1. The Balaban J connectivity index is 1.64. The van der Waals surface area contributed by atoms with Gasteiger partial charge in [-0.2, -0.15) is 0 Å². The summed E-state index contributed by atoms with van der Waals surface area (Å²) >= 11 is 7.20. The number of carbonyl (C=O) groups excluding carboxylic acids is 1. The molecule has 0 amide bonds. The van der Waals surface area contributed by atoms with Gasteiger partial charge in [-0.3, -0.25) is 9.36 Å². The number of carbonyl (C=O) groups is 1. The topological polar surface area (TPSA) is 66.2 Å². The van der Waals surface area contributed by atoms with E-state index in [1.165, 1.54) is 11.8 Å². The third-order valence-corrected chi connectivity index (χ3v) is 5.25. The van der Waals surface area contributed by atoms with E-state index in [1.807, 2.05) is 28.8 Å². The van der Waals surface area contributed by atoms with Crippen molar-refractivity contribution in [2.24, 2.45) is 0 Å². The maximum Gasteiger partial charge on any atom is 0.192 e. The number of ether oxygens (including phenoxy) is 2. The van der Waals surface area contributed by atoms with Crippen molar-refractivity contribution < 1.29 is 14.3 Å². The first-order chi connectivity index (χ1) is 14.1. The van der Waals surface area contributed by atoms with Gasteiger partial charge in [-0.05, 0) is 48.5 Å². The van der Waals surface area contributed by atoms with Crippen LogP contribution in [-0.4, -0.2) is 33.4 Å². The standard InChI is InChI=1S/C21H20ClN3O3S/c1-3-12-25-20(13-28-18-10-8-17(27-2)9-11-18)23-24-21(25)29-14-19(26)15-4-6-16(22)7-5-15/h3-11H,1,12-14H2,2H3. The number of hydrogen-bond acceptors (Lipinski definition) is 6. The maximum atomic E-state index is 12.4. The average Bonchev–Trinajstić information content (AvgIpc) is 3.13. The monoisotopic (exact) mass is 429 g/mol. The second kappa shape index (κ2) is 10.1. The van der Waals surface area contributed by atoms with Crippen LogP contribution >= 0.6 is 23.4 Å². The van der Waals surface area contributed by atoms with Crippen molar-refractivity contribution in [2.75, 3.05) is 12.9 Å². The van der Waals surface area contributed by atoms with Crippen molar-refractivity contribution in [3.05, 3.63) is 77.6 Å². The number of Topliss-reactive ketones (excluding diaryl/α,β-unsaturated/α-hetero) is 1. The summed E-state index contributed by atoms with van der Waals surface area (Å²) in [6.45, 7) is 4.55. The minimum absolute atomic E-state index is 0.00384. The van der Waals surface area contributed by atoms with Gasteiger partial charge in [-0.25, -0.2) is 0 Å². The molecule has 0 aliphatic carbocycles. The van der Waals surface area contributed by atoms with Crippen LogP contribution in [0, 0.1) is 0 Å². The van der Waals surface area contributed by atoms with Crippen molar-refractivity contribution >= 4 is 29.1 Å². The van der Waals surface area contributed by atoms with Crippen LogP contribution in [0.25, 0.3) is 0 Å². The molecule has 1 aromatic heterocycles. The van der Waals surface area contributed by atoms with Crippen molar-refractivity contribution in [1.82, 2.24) is 14.8 Å². The zero-order chi connectivity index (χ0) is 20.6. The predicted octanol–water partition coefficient (Wildman–Crippen LogP) is 4.68. The van der Waals surface area contributed by atoms with Gasteiger partial charge in [0.1, 0.15) is 18.1 Å². The lowest BCUT2D eigenvalue weighted by Gasteiger charge is -2.09. The SMILES string of the molecule is C=CCn1c(COc2ccc(OC)cc2)nnc1SCC(=O)c1ccc(Cl)cc1. The molecular weight excluding hydrogens is 410 g/mol. The molecule has 0 fully saturated rings. The smallest absolute Gasteiger partial charge is 0.192 e. The summed E-state index contributed by atoms with van der Waals surface area (Å²) in [4.78, 5) is 12.4. The van der Waals surface area contributed by atoms with E-state index in [0.29, 0.717) is 33.9 Å². The molecule has 0 bridgehead atoms. The molecule has 0 aliphatic rings. The zero-order valence-electron chi connectivity index (χ0n) is 15.9. The summed E-state index contributed by atoms with van der Waals surface area (Å²) in [6.07, 6.45) is 1.76. The molecular formula is C21H20ClN3O3S. The number of allylic oxidation sites excluding steroid dienone is 1. The van der Waals surface area contributed by atoms with Crippen molar-refractivity contribution in [1.29, 1.82) is 0 Å². The molecule has 0 atom stereocenters. The molecule has 0 radical (unpaired) electrons. The zero-order valence-corrected chi connectivity index (χ0v) is 17.4. The van der Waals surface area contributed by atoms with Crippen LogP contribution in [0.15, 0.2) is 66.3 Å². The van der Waals surface area contributed by atoms with Gasteiger partial charge in [0.25, 0.3) is 0 Å². The predicted molar refractivity (Wildman–Crippen MR) is 114 cm³/mol. The Labute approximate surface area is 178 Å². The Hall–Kier alpha value is -2.77. The number of ketones is 1. The molecule has 8 heteroatoms. The molecule has 1 heterocycles. The van der Waals surface area contributed by atoms with Gasteiger partial charge in [0.15, 0.2) is 16.8 Å². The highest BCUT2D eigenvalue weighted by Gasteiger charge is 2.15. The molecule has 0 saturated carbocycles. The van der Waals surface area contributed by atoms with Gasteiger partial charge < -0.3 is 9.47 Å². The summed E-state index contributed by atoms with van der Waals surface area (Å²) < 4.78 is 12.8. The summed E-state index contributed by atoms with van der Waals surface area (Å²) in [5, 5.41) is 9.66. The van der Waals surface area contributed by atoms with Gasteiger partial charge in [0.2, 0.25) is 0 Å². The van der Waals surface area contributed by atoms with E-state index in [0.717, 1.165) is 5.75 Å². The van der Waals surface area contributed by atoms with E-state index < -0.39 is 0 Å². The number of rotatable bonds is 10.